The average molecular weight is 375 g/mol. The zero-order valence-electron chi connectivity index (χ0n) is 15.4. The Labute approximate surface area is 158 Å². The Morgan fingerprint density at radius 1 is 1.23 bits per heavy atom. The smallest absolute Gasteiger partial charge is 0.260 e. The molecular formula is C19H26N4O2S. The molecule has 0 spiro atoms. The van der Waals surface area contributed by atoms with E-state index in [0.29, 0.717) is 5.13 Å². The Bertz CT molecular complexity index is 736. The van der Waals surface area contributed by atoms with E-state index in [2.05, 4.69) is 16.8 Å². The third-order valence-corrected chi connectivity index (χ3v) is 5.67. The van der Waals surface area contributed by atoms with Crippen LogP contribution < -0.4 is 10.5 Å². The molecule has 0 atom stereocenters. The third-order valence-electron chi connectivity index (χ3n) is 4.70. The lowest BCUT2D eigenvalue weighted by Crippen LogP contribution is -2.49. The highest BCUT2D eigenvalue weighted by atomic mass is 32.1. The number of ether oxygens (including phenoxy) is 1. The number of amides is 1. The molecule has 140 valence electrons. The van der Waals surface area contributed by atoms with Gasteiger partial charge in [-0.2, -0.15) is 0 Å². The molecule has 7 heteroatoms. The van der Waals surface area contributed by atoms with Crippen LogP contribution in [0.1, 0.15) is 23.1 Å². The molecule has 0 bridgehead atoms. The topological polar surface area (TPSA) is 71.7 Å². The van der Waals surface area contributed by atoms with Crippen molar-refractivity contribution >= 4 is 22.4 Å². The Balaban J connectivity index is 1.43. The number of piperazine rings is 1. The first kappa shape index (κ1) is 18.7. The molecule has 3 rings (SSSR count). The van der Waals surface area contributed by atoms with Crippen LogP contribution in [-0.4, -0.2) is 53.5 Å². The van der Waals surface area contributed by atoms with Crippen LogP contribution in [0.4, 0.5) is 5.13 Å². The van der Waals surface area contributed by atoms with Gasteiger partial charge in [0.25, 0.3) is 5.91 Å². The van der Waals surface area contributed by atoms with Crippen molar-refractivity contribution in [1.82, 2.24) is 14.8 Å². The van der Waals surface area contributed by atoms with E-state index in [0.717, 1.165) is 50.6 Å². The van der Waals surface area contributed by atoms with Gasteiger partial charge in [-0.15, -0.1) is 11.3 Å². The Hall–Kier alpha value is -2.12. The van der Waals surface area contributed by atoms with E-state index in [1.807, 2.05) is 36.1 Å². The normalized spacial score (nSPS) is 15.2. The van der Waals surface area contributed by atoms with Crippen molar-refractivity contribution < 1.29 is 9.53 Å². The number of thiazole rings is 1. The van der Waals surface area contributed by atoms with Crippen molar-refractivity contribution in [2.75, 3.05) is 38.5 Å². The molecule has 1 amide bonds. The summed E-state index contributed by atoms with van der Waals surface area (Å²) in [7, 11) is 0. The van der Waals surface area contributed by atoms with Crippen molar-refractivity contribution in [1.29, 1.82) is 0 Å². The first-order valence-corrected chi connectivity index (χ1v) is 9.80. The molecule has 6 nitrogen and oxygen atoms in total. The molecule has 26 heavy (non-hydrogen) atoms. The summed E-state index contributed by atoms with van der Waals surface area (Å²) < 4.78 is 5.64. The predicted molar refractivity (Wildman–Crippen MR) is 104 cm³/mol. The predicted octanol–water partition coefficient (Wildman–Crippen LogP) is 2.32. The van der Waals surface area contributed by atoms with Gasteiger partial charge in [-0.1, -0.05) is 19.1 Å². The maximum absolute atomic E-state index is 12.4. The third kappa shape index (κ3) is 4.74. The SMILES string of the molecule is CCc1ccc(OCC(=O)N2CCN(Cc3sc(N)nc3C)CC2)cc1. The number of aryl methyl sites for hydroxylation is 2. The van der Waals surface area contributed by atoms with Crippen LogP contribution in [0.15, 0.2) is 24.3 Å². The summed E-state index contributed by atoms with van der Waals surface area (Å²) >= 11 is 1.55. The van der Waals surface area contributed by atoms with Gasteiger partial charge in [-0.05, 0) is 31.0 Å². The van der Waals surface area contributed by atoms with Crippen LogP contribution >= 0.6 is 11.3 Å². The molecule has 2 heterocycles. The maximum Gasteiger partial charge on any atom is 0.260 e. The number of nitrogens with zero attached hydrogens (tertiary/aromatic N) is 3. The summed E-state index contributed by atoms with van der Waals surface area (Å²) in [6, 6.07) is 7.92. The zero-order chi connectivity index (χ0) is 18.5. The number of nitrogen functional groups attached to an aromatic ring is 1. The lowest BCUT2D eigenvalue weighted by molar-refractivity contribution is -0.135. The number of aromatic nitrogens is 1. The molecule has 2 aromatic rings. The monoisotopic (exact) mass is 374 g/mol. The lowest BCUT2D eigenvalue weighted by atomic mass is 10.2. The molecule has 1 saturated heterocycles. The molecule has 0 saturated carbocycles. The summed E-state index contributed by atoms with van der Waals surface area (Å²) in [6.45, 7) is 8.21. The number of benzene rings is 1. The van der Waals surface area contributed by atoms with Crippen LogP contribution in [0.2, 0.25) is 0 Å². The van der Waals surface area contributed by atoms with Gasteiger partial charge in [0, 0.05) is 37.6 Å². The molecule has 1 aliphatic heterocycles. The molecule has 0 aliphatic carbocycles. The van der Waals surface area contributed by atoms with Crippen LogP contribution in [0.5, 0.6) is 5.75 Å². The second-order valence-electron chi connectivity index (χ2n) is 6.50. The molecule has 1 aromatic carbocycles. The standard InChI is InChI=1S/C19H26N4O2S/c1-3-15-4-6-16(7-5-15)25-13-18(24)23-10-8-22(9-11-23)12-17-14(2)21-19(20)26-17/h4-7H,3,8-13H2,1-2H3,(H2,20,21). The second kappa shape index (κ2) is 8.51. The highest BCUT2D eigenvalue weighted by Gasteiger charge is 2.22. The Morgan fingerprint density at radius 3 is 2.50 bits per heavy atom. The van der Waals surface area contributed by atoms with E-state index in [-0.39, 0.29) is 12.5 Å². The molecule has 0 unspecified atom stereocenters. The molecular weight excluding hydrogens is 348 g/mol. The van der Waals surface area contributed by atoms with Gasteiger partial charge in [-0.3, -0.25) is 9.69 Å². The minimum absolute atomic E-state index is 0.0439. The van der Waals surface area contributed by atoms with Gasteiger partial charge < -0.3 is 15.4 Å². The number of rotatable bonds is 6. The van der Waals surface area contributed by atoms with Crippen molar-refractivity contribution in [2.24, 2.45) is 0 Å². The van der Waals surface area contributed by atoms with E-state index >= 15 is 0 Å². The van der Waals surface area contributed by atoms with Crippen molar-refractivity contribution in [3.8, 4) is 5.75 Å². The average Bonchev–Trinajstić information content (AvgIpc) is 2.97. The van der Waals surface area contributed by atoms with Crippen molar-refractivity contribution in [3.63, 3.8) is 0 Å². The first-order valence-electron chi connectivity index (χ1n) is 8.98. The maximum atomic E-state index is 12.4. The molecule has 1 aromatic heterocycles. The summed E-state index contributed by atoms with van der Waals surface area (Å²) in [4.78, 5) is 22.1. The lowest BCUT2D eigenvalue weighted by Gasteiger charge is -2.34. The van der Waals surface area contributed by atoms with Crippen LogP contribution in [0.3, 0.4) is 0 Å². The van der Waals surface area contributed by atoms with Crippen molar-refractivity contribution in [3.05, 3.63) is 40.4 Å². The Morgan fingerprint density at radius 2 is 1.92 bits per heavy atom. The van der Waals surface area contributed by atoms with Gasteiger partial charge in [0.2, 0.25) is 0 Å². The number of hydrogen-bond donors (Lipinski definition) is 1. The largest absolute Gasteiger partial charge is 0.484 e. The van der Waals surface area contributed by atoms with E-state index in [9.17, 15) is 4.79 Å². The Kier molecular flexibility index (Phi) is 6.11. The number of nitrogens with two attached hydrogens (primary N) is 1. The van der Waals surface area contributed by atoms with Crippen molar-refractivity contribution in [2.45, 2.75) is 26.8 Å². The van der Waals surface area contributed by atoms with Crippen LogP contribution in [0.25, 0.3) is 0 Å². The fourth-order valence-corrected chi connectivity index (χ4v) is 3.89. The van der Waals surface area contributed by atoms with E-state index in [1.165, 1.54) is 10.4 Å². The van der Waals surface area contributed by atoms with Gasteiger partial charge in [-0.25, -0.2) is 4.98 Å². The molecule has 2 N–H and O–H groups in total. The number of carbonyl (C=O) groups excluding carboxylic acids is 1. The number of anilines is 1. The highest BCUT2D eigenvalue weighted by molar-refractivity contribution is 7.15. The van der Waals surface area contributed by atoms with Gasteiger partial charge >= 0.3 is 0 Å². The summed E-state index contributed by atoms with van der Waals surface area (Å²) in [5.41, 5.74) is 8.04. The molecule has 1 aliphatic rings. The van der Waals surface area contributed by atoms with Gasteiger partial charge in [0.15, 0.2) is 11.7 Å². The quantitative estimate of drug-likeness (QED) is 0.840. The highest BCUT2D eigenvalue weighted by Crippen LogP contribution is 2.22. The summed E-state index contributed by atoms with van der Waals surface area (Å²) in [5, 5.41) is 0.621. The summed E-state index contributed by atoms with van der Waals surface area (Å²) in [6.07, 6.45) is 0.997. The minimum Gasteiger partial charge on any atom is -0.484 e. The van der Waals surface area contributed by atoms with Crippen LogP contribution in [0, 0.1) is 6.92 Å². The minimum atomic E-state index is 0.0439. The zero-order valence-corrected chi connectivity index (χ0v) is 16.2. The van der Waals surface area contributed by atoms with E-state index in [4.69, 9.17) is 10.5 Å². The van der Waals surface area contributed by atoms with E-state index in [1.54, 1.807) is 11.3 Å². The van der Waals surface area contributed by atoms with Gasteiger partial charge in [0.05, 0.1) is 5.69 Å². The first-order chi connectivity index (χ1) is 12.5. The molecule has 0 radical (unpaired) electrons. The fraction of sp³-hybridized carbons (Fsp3) is 0.474. The number of hydrogen-bond acceptors (Lipinski definition) is 6. The second-order valence-corrected chi connectivity index (χ2v) is 7.62. The van der Waals surface area contributed by atoms with Crippen LogP contribution in [-0.2, 0) is 17.8 Å². The van der Waals surface area contributed by atoms with E-state index < -0.39 is 0 Å². The summed E-state index contributed by atoms with van der Waals surface area (Å²) in [5.74, 6) is 0.787. The molecule has 1 fully saturated rings. The fourth-order valence-electron chi connectivity index (χ4n) is 3.01. The van der Waals surface area contributed by atoms with Gasteiger partial charge in [0.1, 0.15) is 5.75 Å². The number of carbonyl (C=O) groups is 1.